The van der Waals surface area contributed by atoms with E-state index in [0.29, 0.717) is 11.6 Å². The van der Waals surface area contributed by atoms with Crippen molar-refractivity contribution in [3.8, 4) is 0 Å². The van der Waals surface area contributed by atoms with Gasteiger partial charge in [0.2, 0.25) is 0 Å². The first-order valence-electron chi connectivity index (χ1n) is 8.63. The van der Waals surface area contributed by atoms with Crippen molar-refractivity contribution in [3.63, 3.8) is 0 Å². The summed E-state index contributed by atoms with van der Waals surface area (Å²) in [6, 6.07) is 0.424. The SMILES string of the molecule is CN/C=C1/C=C(NC(=O)c2cnc(N3CCC(NC)C3)cn2)C=C(F)C1=N. The number of nitrogens with zero attached hydrogens (tertiary/aromatic N) is 3. The summed E-state index contributed by atoms with van der Waals surface area (Å²) in [6.45, 7) is 1.73. The van der Waals surface area contributed by atoms with Crippen LogP contribution < -0.4 is 20.9 Å². The van der Waals surface area contributed by atoms with E-state index >= 15 is 0 Å². The van der Waals surface area contributed by atoms with Crippen LogP contribution in [0.1, 0.15) is 16.9 Å². The van der Waals surface area contributed by atoms with Gasteiger partial charge in [-0.15, -0.1) is 0 Å². The molecule has 8 nitrogen and oxygen atoms in total. The lowest BCUT2D eigenvalue weighted by Gasteiger charge is -2.17. The van der Waals surface area contributed by atoms with Crippen LogP contribution in [0, 0.1) is 5.41 Å². The summed E-state index contributed by atoms with van der Waals surface area (Å²) in [5.41, 5.74) is 0.481. The fourth-order valence-electron chi connectivity index (χ4n) is 2.97. The maximum absolute atomic E-state index is 13.9. The third-order valence-electron chi connectivity index (χ3n) is 4.47. The normalized spacial score (nSPS) is 21.1. The molecule has 1 fully saturated rings. The molecular formula is C18H22FN7O. The predicted octanol–water partition coefficient (Wildman–Crippen LogP) is 0.878. The van der Waals surface area contributed by atoms with Crippen molar-refractivity contribution in [2.75, 3.05) is 32.1 Å². The molecule has 2 heterocycles. The van der Waals surface area contributed by atoms with Gasteiger partial charge in [-0.3, -0.25) is 10.2 Å². The molecule has 142 valence electrons. The van der Waals surface area contributed by atoms with Gasteiger partial charge in [-0.2, -0.15) is 0 Å². The molecule has 1 aromatic heterocycles. The Balaban J connectivity index is 1.69. The lowest BCUT2D eigenvalue weighted by atomic mass is 10.0. The van der Waals surface area contributed by atoms with Gasteiger partial charge in [0.15, 0.2) is 5.83 Å². The molecule has 0 bridgehead atoms. The average molecular weight is 371 g/mol. The minimum absolute atomic E-state index is 0.137. The number of aromatic nitrogens is 2. The summed E-state index contributed by atoms with van der Waals surface area (Å²) in [5, 5.41) is 16.3. The third-order valence-corrected chi connectivity index (χ3v) is 4.47. The first-order valence-corrected chi connectivity index (χ1v) is 8.63. The number of allylic oxidation sites excluding steroid dienone is 4. The van der Waals surface area contributed by atoms with Gasteiger partial charge in [0.05, 0.1) is 18.1 Å². The second-order valence-electron chi connectivity index (χ2n) is 6.29. The van der Waals surface area contributed by atoms with Gasteiger partial charge in [-0.1, -0.05) is 0 Å². The summed E-state index contributed by atoms with van der Waals surface area (Å²) in [7, 11) is 3.59. The molecule has 1 amide bonds. The topological polar surface area (TPSA) is 106 Å². The minimum atomic E-state index is -0.719. The highest BCUT2D eigenvalue weighted by molar-refractivity contribution is 6.12. The molecule has 27 heavy (non-hydrogen) atoms. The molecule has 1 atom stereocenters. The van der Waals surface area contributed by atoms with Crippen molar-refractivity contribution in [1.29, 1.82) is 5.41 Å². The zero-order valence-electron chi connectivity index (χ0n) is 15.2. The largest absolute Gasteiger partial charge is 0.393 e. The minimum Gasteiger partial charge on any atom is -0.393 e. The van der Waals surface area contributed by atoms with E-state index in [2.05, 4.69) is 30.8 Å². The zero-order valence-corrected chi connectivity index (χ0v) is 15.2. The highest BCUT2D eigenvalue weighted by atomic mass is 19.1. The van der Waals surface area contributed by atoms with E-state index in [1.165, 1.54) is 18.5 Å². The molecule has 3 rings (SSSR count). The maximum atomic E-state index is 13.9. The van der Waals surface area contributed by atoms with Gasteiger partial charge < -0.3 is 20.9 Å². The number of halogens is 1. The lowest BCUT2D eigenvalue weighted by molar-refractivity contribution is 0.0962. The molecule has 4 N–H and O–H groups in total. The standard InChI is InChI=1S/C18H22FN7O/c1-21-7-11-5-13(6-14(19)17(11)20)25-18(27)15-8-24-16(9-23-15)26-4-3-12(10-26)22-2/h5-9,12,20-22H,3-4,10H2,1-2H3,(H,25,27)/b11-7-,20-17?. The monoisotopic (exact) mass is 371 g/mol. The van der Waals surface area contributed by atoms with Crippen LogP contribution in [0.3, 0.4) is 0 Å². The molecule has 0 radical (unpaired) electrons. The third kappa shape index (κ3) is 4.20. The number of rotatable bonds is 5. The molecule has 0 spiro atoms. The first-order chi connectivity index (χ1) is 13.0. The predicted molar refractivity (Wildman–Crippen MR) is 101 cm³/mol. The van der Waals surface area contributed by atoms with Gasteiger partial charge >= 0.3 is 0 Å². The Kier molecular flexibility index (Phi) is 5.60. The summed E-state index contributed by atoms with van der Waals surface area (Å²) >= 11 is 0. The second-order valence-corrected chi connectivity index (χ2v) is 6.29. The molecule has 0 aromatic carbocycles. The number of nitrogens with one attached hydrogen (secondary N) is 4. The van der Waals surface area contributed by atoms with E-state index in [1.54, 1.807) is 13.2 Å². The number of hydrogen-bond acceptors (Lipinski definition) is 7. The van der Waals surface area contributed by atoms with Crippen LogP contribution in [-0.2, 0) is 0 Å². The average Bonchev–Trinajstić information content (AvgIpc) is 3.15. The van der Waals surface area contributed by atoms with E-state index in [-0.39, 0.29) is 17.1 Å². The molecule has 0 saturated carbocycles. The molecule has 1 saturated heterocycles. The van der Waals surface area contributed by atoms with Crippen molar-refractivity contribution in [3.05, 3.63) is 53.5 Å². The van der Waals surface area contributed by atoms with Crippen LogP contribution in [0.5, 0.6) is 0 Å². The Morgan fingerprint density at radius 2 is 2.15 bits per heavy atom. The van der Waals surface area contributed by atoms with Crippen LogP contribution >= 0.6 is 0 Å². The summed E-state index contributed by atoms with van der Waals surface area (Å²) in [5.74, 6) is -0.486. The number of hydrogen-bond donors (Lipinski definition) is 4. The Labute approximate surface area is 156 Å². The van der Waals surface area contributed by atoms with Gasteiger partial charge in [0, 0.05) is 43.6 Å². The summed E-state index contributed by atoms with van der Waals surface area (Å²) in [6.07, 6.45) is 8.13. The quantitative estimate of drug-likeness (QED) is 0.612. The number of amides is 1. The fraction of sp³-hybridized carbons (Fsp3) is 0.333. The number of carbonyl (C=O) groups is 1. The van der Waals surface area contributed by atoms with Crippen LogP contribution in [0.4, 0.5) is 10.2 Å². The van der Waals surface area contributed by atoms with Crippen molar-refractivity contribution in [1.82, 2.24) is 25.9 Å². The fourth-order valence-corrected chi connectivity index (χ4v) is 2.97. The van der Waals surface area contributed by atoms with Crippen molar-refractivity contribution in [2.45, 2.75) is 12.5 Å². The van der Waals surface area contributed by atoms with Crippen molar-refractivity contribution in [2.24, 2.45) is 0 Å². The number of carbonyl (C=O) groups excluding carboxylic acids is 1. The summed E-state index contributed by atoms with van der Waals surface area (Å²) in [4.78, 5) is 23.0. The van der Waals surface area contributed by atoms with Crippen LogP contribution in [0.15, 0.2) is 47.8 Å². The van der Waals surface area contributed by atoms with E-state index in [0.717, 1.165) is 31.4 Å². The second kappa shape index (κ2) is 8.09. The number of likely N-dealkylation sites (N-methyl/N-ethyl adjacent to an activating group) is 1. The van der Waals surface area contributed by atoms with Gasteiger partial charge in [0.1, 0.15) is 11.5 Å². The van der Waals surface area contributed by atoms with E-state index in [4.69, 9.17) is 5.41 Å². The molecule has 1 aliphatic heterocycles. The number of anilines is 1. The van der Waals surface area contributed by atoms with E-state index < -0.39 is 11.7 Å². The van der Waals surface area contributed by atoms with Crippen LogP contribution in [0.25, 0.3) is 0 Å². The van der Waals surface area contributed by atoms with Gasteiger partial charge in [-0.25, -0.2) is 14.4 Å². The Bertz CT molecular complexity index is 829. The highest BCUT2D eigenvalue weighted by Crippen LogP contribution is 2.19. The summed E-state index contributed by atoms with van der Waals surface area (Å²) < 4.78 is 13.9. The van der Waals surface area contributed by atoms with Gasteiger partial charge in [-0.05, 0) is 25.6 Å². The first kappa shape index (κ1) is 18.7. The Hall–Kier alpha value is -3.07. The molecular weight excluding hydrogens is 349 g/mol. The van der Waals surface area contributed by atoms with Gasteiger partial charge in [0.25, 0.3) is 5.91 Å². The zero-order chi connectivity index (χ0) is 19.4. The molecule has 1 aliphatic carbocycles. The lowest BCUT2D eigenvalue weighted by Crippen LogP contribution is -2.30. The van der Waals surface area contributed by atoms with Crippen molar-refractivity contribution < 1.29 is 9.18 Å². The highest BCUT2D eigenvalue weighted by Gasteiger charge is 2.23. The van der Waals surface area contributed by atoms with E-state index in [1.807, 2.05) is 7.05 Å². The maximum Gasteiger partial charge on any atom is 0.275 e. The molecule has 2 aliphatic rings. The van der Waals surface area contributed by atoms with Crippen molar-refractivity contribution >= 4 is 17.4 Å². The van der Waals surface area contributed by atoms with Crippen LogP contribution in [-0.4, -0.2) is 54.8 Å². The Morgan fingerprint density at radius 1 is 1.33 bits per heavy atom. The smallest absolute Gasteiger partial charge is 0.275 e. The Morgan fingerprint density at radius 3 is 2.78 bits per heavy atom. The van der Waals surface area contributed by atoms with Crippen LogP contribution in [0.2, 0.25) is 0 Å². The molecule has 9 heteroatoms. The molecule has 1 unspecified atom stereocenters. The van der Waals surface area contributed by atoms with E-state index in [9.17, 15) is 9.18 Å². The molecule has 1 aromatic rings.